The summed E-state index contributed by atoms with van der Waals surface area (Å²) in [5.41, 5.74) is 1.90. The smallest absolute Gasteiger partial charge is 0.344 e. The lowest BCUT2D eigenvalue weighted by atomic mass is 10.1. The first-order valence-corrected chi connectivity index (χ1v) is 11.8. The van der Waals surface area contributed by atoms with Gasteiger partial charge in [-0.05, 0) is 60.6 Å². The molecule has 0 aliphatic carbocycles. The molecule has 3 aromatic carbocycles. The monoisotopic (exact) mass is 506 g/mol. The molecule has 0 atom stereocenters. The molecule has 1 aromatic heterocycles. The summed E-state index contributed by atoms with van der Waals surface area (Å²) in [6, 6.07) is 21.0. The van der Waals surface area contributed by atoms with Crippen LogP contribution in [0.1, 0.15) is 24.2 Å². The average Bonchev–Trinajstić information content (AvgIpc) is 2.83. The Hall–Kier alpha value is -3.68. The van der Waals surface area contributed by atoms with E-state index >= 15 is 0 Å². The Morgan fingerprint density at radius 1 is 1.03 bits per heavy atom. The van der Waals surface area contributed by atoms with Gasteiger partial charge in [-0.3, -0.25) is 10.1 Å². The lowest BCUT2D eigenvalue weighted by Crippen LogP contribution is -2.34. The highest BCUT2D eigenvalue weighted by atomic mass is 35.5. The maximum Gasteiger partial charge on any atom is 0.344 e. The molecule has 0 saturated heterocycles. The van der Waals surface area contributed by atoms with Crippen LogP contribution in [0.2, 0.25) is 5.02 Å². The molecular formula is C27H23ClN2O4S. The van der Waals surface area contributed by atoms with E-state index in [0.29, 0.717) is 51.3 Å². The van der Waals surface area contributed by atoms with E-state index in [2.05, 4.69) is 24.5 Å². The van der Waals surface area contributed by atoms with Crippen molar-refractivity contribution in [2.45, 2.75) is 13.8 Å². The topological polar surface area (TPSA) is 80.6 Å². The molecule has 0 radical (unpaired) electrons. The van der Waals surface area contributed by atoms with E-state index in [1.807, 2.05) is 12.1 Å². The van der Waals surface area contributed by atoms with E-state index in [0.717, 1.165) is 5.39 Å². The van der Waals surface area contributed by atoms with Crippen molar-refractivity contribution in [2.24, 2.45) is 5.92 Å². The fourth-order valence-corrected chi connectivity index (χ4v) is 3.88. The number of amides is 1. The molecule has 35 heavy (non-hydrogen) atoms. The molecule has 4 rings (SSSR count). The van der Waals surface area contributed by atoms with Crippen LogP contribution in [-0.4, -0.2) is 17.6 Å². The van der Waals surface area contributed by atoms with Crippen LogP contribution in [0.15, 0.2) is 82.0 Å². The van der Waals surface area contributed by atoms with E-state index in [-0.39, 0.29) is 11.0 Å². The highest BCUT2D eigenvalue weighted by Crippen LogP contribution is 2.30. The minimum Gasteiger partial charge on any atom is -0.493 e. The summed E-state index contributed by atoms with van der Waals surface area (Å²) in [6.45, 7) is 4.66. The average molecular weight is 507 g/mol. The number of carbonyl (C=O) groups excluding carboxylic acids is 1. The Kier molecular flexibility index (Phi) is 7.48. The number of benzene rings is 3. The third kappa shape index (κ3) is 6.07. The maximum absolute atomic E-state index is 12.6. The number of anilines is 1. The van der Waals surface area contributed by atoms with Crippen LogP contribution in [0, 0.1) is 5.92 Å². The molecule has 0 bridgehead atoms. The lowest BCUT2D eigenvalue weighted by molar-refractivity contribution is 0.0977. The third-order valence-electron chi connectivity index (χ3n) is 5.07. The van der Waals surface area contributed by atoms with Gasteiger partial charge in [0, 0.05) is 22.2 Å². The van der Waals surface area contributed by atoms with E-state index in [4.69, 9.17) is 33.0 Å². The highest BCUT2D eigenvalue weighted by molar-refractivity contribution is 7.80. The summed E-state index contributed by atoms with van der Waals surface area (Å²) in [5.74, 6) is 0.623. The summed E-state index contributed by atoms with van der Waals surface area (Å²) >= 11 is 11.8. The van der Waals surface area contributed by atoms with Gasteiger partial charge < -0.3 is 14.5 Å². The molecule has 8 heteroatoms. The van der Waals surface area contributed by atoms with Gasteiger partial charge in [-0.25, -0.2) is 4.79 Å². The van der Waals surface area contributed by atoms with Gasteiger partial charge in [-0.2, -0.15) is 0 Å². The third-order valence-corrected chi connectivity index (χ3v) is 5.58. The van der Waals surface area contributed by atoms with Gasteiger partial charge in [0.15, 0.2) is 5.11 Å². The van der Waals surface area contributed by atoms with E-state index in [1.54, 1.807) is 60.7 Å². The Bertz CT molecular complexity index is 1470. The van der Waals surface area contributed by atoms with Crippen LogP contribution in [0.4, 0.5) is 5.69 Å². The number of carbonyl (C=O) groups is 1. The minimum absolute atomic E-state index is 0.109. The molecule has 178 valence electrons. The van der Waals surface area contributed by atoms with Gasteiger partial charge >= 0.3 is 5.63 Å². The number of hydrogen-bond donors (Lipinski definition) is 2. The van der Waals surface area contributed by atoms with Crippen molar-refractivity contribution in [3.63, 3.8) is 0 Å². The molecule has 4 aromatic rings. The van der Waals surface area contributed by atoms with Crippen molar-refractivity contribution in [1.29, 1.82) is 0 Å². The fraction of sp³-hybridized carbons (Fsp3) is 0.148. The maximum atomic E-state index is 12.6. The normalized spacial score (nSPS) is 10.9. The molecule has 0 unspecified atom stereocenters. The van der Waals surface area contributed by atoms with Crippen LogP contribution in [0.5, 0.6) is 5.75 Å². The predicted octanol–water partition coefficient (Wildman–Crippen LogP) is 6.28. The summed E-state index contributed by atoms with van der Waals surface area (Å²) in [4.78, 5) is 25.1. The van der Waals surface area contributed by atoms with Crippen LogP contribution in [-0.2, 0) is 0 Å². The van der Waals surface area contributed by atoms with Gasteiger partial charge in [-0.1, -0.05) is 55.8 Å². The van der Waals surface area contributed by atoms with Crippen molar-refractivity contribution in [3.8, 4) is 16.9 Å². The van der Waals surface area contributed by atoms with Gasteiger partial charge in [0.2, 0.25) is 0 Å². The Labute approximate surface area is 212 Å². The molecule has 0 aliphatic rings. The molecule has 0 aliphatic heterocycles. The van der Waals surface area contributed by atoms with Crippen molar-refractivity contribution >= 4 is 51.5 Å². The van der Waals surface area contributed by atoms with Crippen molar-refractivity contribution in [1.82, 2.24) is 5.32 Å². The van der Waals surface area contributed by atoms with Gasteiger partial charge in [0.25, 0.3) is 5.91 Å². The van der Waals surface area contributed by atoms with Crippen LogP contribution in [0.25, 0.3) is 22.1 Å². The first kappa shape index (κ1) is 24.4. The summed E-state index contributed by atoms with van der Waals surface area (Å²) in [7, 11) is 0. The van der Waals surface area contributed by atoms with Crippen molar-refractivity contribution in [3.05, 3.63) is 93.8 Å². The number of nitrogens with one attached hydrogen (secondary N) is 2. The minimum atomic E-state index is -0.478. The van der Waals surface area contributed by atoms with Crippen LogP contribution < -0.4 is 21.0 Å². The van der Waals surface area contributed by atoms with Crippen molar-refractivity contribution in [2.75, 3.05) is 11.9 Å². The van der Waals surface area contributed by atoms with Crippen LogP contribution in [0.3, 0.4) is 0 Å². The van der Waals surface area contributed by atoms with Crippen molar-refractivity contribution < 1.29 is 13.9 Å². The lowest BCUT2D eigenvalue weighted by Gasteiger charge is -2.12. The molecular weight excluding hydrogens is 484 g/mol. The molecule has 1 amide bonds. The van der Waals surface area contributed by atoms with Gasteiger partial charge in [0.05, 0.1) is 17.2 Å². The molecule has 1 heterocycles. The standard InChI is InChI=1S/C27H23ClN2O4S/c1-16(2)15-33-20-8-5-7-18(12-20)25(31)30-27(35)29-19-10-11-21(23(28)14-19)22-13-17-6-3-4-9-24(17)34-26(22)32/h3-14,16H,15H2,1-2H3,(H2,29,30,31,35). The summed E-state index contributed by atoms with van der Waals surface area (Å²) in [5, 5.41) is 6.83. The number of ether oxygens (including phenoxy) is 1. The molecule has 0 fully saturated rings. The Balaban J connectivity index is 1.45. The number of thiocarbonyl (C=S) groups is 1. The fourth-order valence-electron chi connectivity index (χ4n) is 3.39. The number of hydrogen-bond acceptors (Lipinski definition) is 5. The predicted molar refractivity (Wildman–Crippen MR) is 143 cm³/mol. The van der Waals surface area contributed by atoms with E-state index < -0.39 is 5.63 Å². The number of rotatable bonds is 6. The Morgan fingerprint density at radius 3 is 2.60 bits per heavy atom. The molecule has 2 N–H and O–H groups in total. The summed E-state index contributed by atoms with van der Waals surface area (Å²) in [6.07, 6.45) is 0. The SMILES string of the molecule is CC(C)COc1cccc(C(=O)NC(=S)Nc2ccc(-c3cc4ccccc4oc3=O)c(Cl)c2)c1. The zero-order valence-corrected chi connectivity index (χ0v) is 20.7. The largest absolute Gasteiger partial charge is 0.493 e. The molecule has 0 saturated carbocycles. The zero-order chi connectivity index (χ0) is 24.9. The zero-order valence-electron chi connectivity index (χ0n) is 19.1. The number of para-hydroxylation sites is 1. The summed E-state index contributed by atoms with van der Waals surface area (Å²) < 4.78 is 11.1. The van der Waals surface area contributed by atoms with E-state index in [9.17, 15) is 9.59 Å². The second-order valence-corrected chi connectivity index (χ2v) is 9.14. The highest BCUT2D eigenvalue weighted by Gasteiger charge is 2.13. The van der Waals surface area contributed by atoms with Gasteiger partial charge in [-0.15, -0.1) is 0 Å². The van der Waals surface area contributed by atoms with Gasteiger partial charge in [0.1, 0.15) is 11.3 Å². The number of fused-ring (bicyclic) bond motifs is 1. The second-order valence-electron chi connectivity index (χ2n) is 8.32. The molecule has 6 nitrogen and oxygen atoms in total. The quantitative estimate of drug-likeness (QED) is 0.237. The Morgan fingerprint density at radius 2 is 1.83 bits per heavy atom. The van der Waals surface area contributed by atoms with Crippen LogP contribution >= 0.6 is 23.8 Å². The first-order valence-electron chi connectivity index (χ1n) is 11.0. The molecule has 0 spiro atoms. The van der Waals surface area contributed by atoms with E-state index in [1.165, 1.54) is 0 Å². The first-order chi connectivity index (χ1) is 16.8. The number of halogens is 1. The second kappa shape index (κ2) is 10.7.